The van der Waals surface area contributed by atoms with E-state index in [-0.39, 0.29) is 5.97 Å². The second-order valence-electron chi connectivity index (χ2n) is 3.53. The normalized spacial score (nSPS) is 10.3. The van der Waals surface area contributed by atoms with Crippen molar-refractivity contribution in [3.63, 3.8) is 0 Å². The number of rotatable bonds is 3. The Bertz CT molecular complexity index is 304. The lowest BCUT2D eigenvalue weighted by atomic mass is 10.1. The molecule has 0 aliphatic rings. The van der Waals surface area contributed by atoms with Gasteiger partial charge in [0.05, 0.1) is 0 Å². The summed E-state index contributed by atoms with van der Waals surface area (Å²) >= 11 is 5.69. The second kappa shape index (κ2) is 5.01. The molecule has 0 aromatic heterocycles. The van der Waals surface area contributed by atoms with E-state index < -0.39 is 0 Å². The summed E-state index contributed by atoms with van der Waals surface area (Å²) in [5, 5.41) is 0.633. The van der Waals surface area contributed by atoms with Crippen LogP contribution in [0, 0.1) is 5.92 Å². The molecule has 2 nitrogen and oxygen atoms in total. The molecule has 14 heavy (non-hydrogen) atoms. The van der Waals surface area contributed by atoms with Gasteiger partial charge in [0.15, 0.2) is 0 Å². The number of carbonyl (C=O) groups is 1. The summed E-state index contributed by atoms with van der Waals surface area (Å²) in [7, 11) is 0. The van der Waals surface area contributed by atoms with Crippen LogP contribution in [0.2, 0.25) is 5.02 Å². The maximum Gasteiger partial charge on any atom is 0.311 e. The molecule has 3 heteroatoms. The molecule has 0 saturated carbocycles. The lowest BCUT2D eigenvalue weighted by Crippen LogP contribution is -2.10. The standard InChI is InChI=1S/C11H13ClO2/c1-8(2)7-11(13)14-10-5-3-9(12)4-6-10/h3-6,8H,7H2,1-2H3. The Morgan fingerprint density at radius 2 is 1.93 bits per heavy atom. The first-order valence-corrected chi connectivity index (χ1v) is 4.92. The Kier molecular flexibility index (Phi) is 3.96. The lowest BCUT2D eigenvalue weighted by Gasteiger charge is -2.05. The number of halogens is 1. The Labute approximate surface area is 88.8 Å². The fourth-order valence-electron chi connectivity index (χ4n) is 1.01. The zero-order valence-electron chi connectivity index (χ0n) is 8.29. The molecule has 0 saturated heterocycles. The van der Waals surface area contributed by atoms with E-state index in [4.69, 9.17) is 16.3 Å². The first kappa shape index (κ1) is 11.1. The van der Waals surface area contributed by atoms with Gasteiger partial charge >= 0.3 is 5.97 Å². The van der Waals surface area contributed by atoms with Crippen molar-refractivity contribution < 1.29 is 9.53 Å². The van der Waals surface area contributed by atoms with Gasteiger partial charge in [-0.05, 0) is 30.2 Å². The van der Waals surface area contributed by atoms with Gasteiger partial charge in [-0.1, -0.05) is 25.4 Å². The van der Waals surface area contributed by atoms with E-state index in [1.54, 1.807) is 24.3 Å². The second-order valence-corrected chi connectivity index (χ2v) is 3.96. The highest BCUT2D eigenvalue weighted by Gasteiger charge is 2.06. The maximum absolute atomic E-state index is 11.3. The van der Waals surface area contributed by atoms with E-state index in [1.807, 2.05) is 13.8 Å². The molecule has 0 aliphatic heterocycles. The van der Waals surface area contributed by atoms with E-state index in [0.29, 0.717) is 23.1 Å². The minimum absolute atomic E-state index is 0.206. The highest BCUT2D eigenvalue weighted by molar-refractivity contribution is 6.30. The molecular weight excluding hydrogens is 200 g/mol. The SMILES string of the molecule is CC(C)CC(=O)Oc1ccc(Cl)cc1. The number of ether oxygens (including phenoxy) is 1. The van der Waals surface area contributed by atoms with Crippen LogP contribution in [0.5, 0.6) is 5.75 Å². The molecule has 0 spiro atoms. The van der Waals surface area contributed by atoms with Crippen molar-refractivity contribution in [1.82, 2.24) is 0 Å². The predicted octanol–water partition coefficient (Wildman–Crippen LogP) is 3.29. The average Bonchev–Trinajstić information content (AvgIpc) is 2.07. The zero-order chi connectivity index (χ0) is 10.6. The Morgan fingerprint density at radius 1 is 1.36 bits per heavy atom. The third-order valence-electron chi connectivity index (χ3n) is 1.62. The third-order valence-corrected chi connectivity index (χ3v) is 1.87. The third kappa shape index (κ3) is 3.79. The number of hydrogen-bond donors (Lipinski definition) is 0. The van der Waals surface area contributed by atoms with Gasteiger partial charge in [-0.3, -0.25) is 4.79 Å². The van der Waals surface area contributed by atoms with E-state index in [2.05, 4.69) is 0 Å². The molecule has 0 fully saturated rings. The molecule has 1 aromatic rings. The zero-order valence-corrected chi connectivity index (χ0v) is 9.04. The minimum Gasteiger partial charge on any atom is -0.427 e. The fraction of sp³-hybridized carbons (Fsp3) is 0.364. The van der Waals surface area contributed by atoms with Crippen molar-refractivity contribution in [1.29, 1.82) is 0 Å². The molecule has 1 rings (SSSR count). The van der Waals surface area contributed by atoms with E-state index >= 15 is 0 Å². The monoisotopic (exact) mass is 212 g/mol. The summed E-state index contributed by atoms with van der Waals surface area (Å²) in [6.45, 7) is 3.95. The lowest BCUT2D eigenvalue weighted by molar-refractivity contribution is -0.135. The molecule has 76 valence electrons. The summed E-state index contributed by atoms with van der Waals surface area (Å²) in [4.78, 5) is 11.3. The molecular formula is C11H13ClO2. The van der Waals surface area contributed by atoms with Gasteiger partial charge in [-0.25, -0.2) is 0 Å². The van der Waals surface area contributed by atoms with Crippen LogP contribution in [-0.2, 0) is 4.79 Å². The van der Waals surface area contributed by atoms with E-state index in [9.17, 15) is 4.79 Å². The van der Waals surface area contributed by atoms with Crippen LogP contribution in [0.3, 0.4) is 0 Å². The van der Waals surface area contributed by atoms with Gasteiger partial charge < -0.3 is 4.74 Å². The molecule has 0 heterocycles. The van der Waals surface area contributed by atoms with Crippen LogP contribution in [0.15, 0.2) is 24.3 Å². The Morgan fingerprint density at radius 3 is 2.43 bits per heavy atom. The average molecular weight is 213 g/mol. The number of carbonyl (C=O) groups excluding carboxylic acids is 1. The van der Waals surface area contributed by atoms with Crippen LogP contribution in [0.1, 0.15) is 20.3 Å². The van der Waals surface area contributed by atoms with E-state index in [0.717, 1.165) is 0 Å². The van der Waals surface area contributed by atoms with Crippen LogP contribution in [-0.4, -0.2) is 5.97 Å². The molecule has 1 aromatic carbocycles. The summed E-state index contributed by atoms with van der Waals surface area (Å²) in [5.41, 5.74) is 0. The minimum atomic E-state index is -0.206. The van der Waals surface area contributed by atoms with Gasteiger partial charge in [0, 0.05) is 11.4 Å². The molecule has 0 atom stereocenters. The quantitative estimate of drug-likeness (QED) is 0.568. The van der Waals surface area contributed by atoms with Gasteiger partial charge in [0.25, 0.3) is 0 Å². The van der Waals surface area contributed by atoms with Gasteiger partial charge in [0.1, 0.15) is 5.75 Å². The number of hydrogen-bond acceptors (Lipinski definition) is 2. The Balaban J connectivity index is 2.52. The number of esters is 1. The first-order valence-electron chi connectivity index (χ1n) is 4.54. The molecule has 0 radical (unpaired) electrons. The van der Waals surface area contributed by atoms with E-state index in [1.165, 1.54) is 0 Å². The molecule has 0 N–H and O–H groups in total. The van der Waals surface area contributed by atoms with Crippen LogP contribution < -0.4 is 4.74 Å². The molecule has 0 aliphatic carbocycles. The van der Waals surface area contributed by atoms with Crippen molar-refractivity contribution in [3.05, 3.63) is 29.3 Å². The molecule has 0 bridgehead atoms. The largest absolute Gasteiger partial charge is 0.427 e. The fourth-order valence-corrected chi connectivity index (χ4v) is 1.14. The molecule has 0 amide bonds. The van der Waals surface area contributed by atoms with Gasteiger partial charge in [-0.2, -0.15) is 0 Å². The first-order chi connectivity index (χ1) is 6.58. The predicted molar refractivity (Wildman–Crippen MR) is 56.5 cm³/mol. The summed E-state index contributed by atoms with van der Waals surface area (Å²) in [6.07, 6.45) is 0.433. The summed E-state index contributed by atoms with van der Waals surface area (Å²) in [6, 6.07) is 6.75. The smallest absolute Gasteiger partial charge is 0.311 e. The van der Waals surface area contributed by atoms with Crippen molar-refractivity contribution in [2.45, 2.75) is 20.3 Å². The topological polar surface area (TPSA) is 26.3 Å². The summed E-state index contributed by atoms with van der Waals surface area (Å²) in [5.74, 6) is 0.650. The van der Waals surface area contributed by atoms with Crippen molar-refractivity contribution in [2.24, 2.45) is 5.92 Å². The van der Waals surface area contributed by atoms with Crippen LogP contribution in [0.25, 0.3) is 0 Å². The maximum atomic E-state index is 11.3. The van der Waals surface area contributed by atoms with Crippen molar-refractivity contribution >= 4 is 17.6 Å². The summed E-state index contributed by atoms with van der Waals surface area (Å²) < 4.78 is 5.08. The number of benzene rings is 1. The van der Waals surface area contributed by atoms with Crippen LogP contribution in [0.4, 0.5) is 0 Å². The highest BCUT2D eigenvalue weighted by atomic mass is 35.5. The highest BCUT2D eigenvalue weighted by Crippen LogP contribution is 2.16. The molecule has 0 unspecified atom stereocenters. The van der Waals surface area contributed by atoms with Crippen molar-refractivity contribution in [2.75, 3.05) is 0 Å². The van der Waals surface area contributed by atoms with Crippen molar-refractivity contribution in [3.8, 4) is 5.75 Å². The Hall–Kier alpha value is -1.02. The van der Waals surface area contributed by atoms with Crippen LogP contribution >= 0.6 is 11.6 Å². The van der Waals surface area contributed by atoms with Gasteiger partial charge in [0.2, 0.25) is 0 Å². The van der Waals surface area contributed by atoms with Gasteiger partial charge in [-0.15, -0.1) is 0 Å².